The molecule has 108 valence electrons. The van der Waals surface area contributed by atoms with E-state index in [-0.39, 0.29) is 23.9 Å². The molecule has 1 amide bonds. The highest BCUT2D eigenvalue weighted by Gasteiger charge is 2.21. The van der Waals surface area contributed by atoms with E-state index in [1.54, 1.807) is 6.07 Å². The Bertz CT molecular complexity index is 418. The summed E-state index contributed by atoms with van der Waals surface area (Å²) in [5.74, 6) is -0.758. The van der Waals surface area contributed by atoms with Crippen LogP contribution in [-0.2, 0) is 0 Å². The minimum atomic E-state index is -0.445. The van der Waals surface area contributed by atoms with Crippen LogP contribution >= 0.6 is 28.3 Å². The van der Waals surface area contributed by atoms with Gasteiger partial charge in [0.05, 0.1) is 0 Å². The molecule has 3 nitrogen and oxygen atoms in total. The molecule has 0 unspecified atom stereocenters. The van der Waals surface area contributed by atoms with Crippen molar-refractivity contribution >= 4 is 34.2 Å². The van der Waals surface area contributed by atoms with Gasteiger partial charge in [0, 0.05) is 22.1 Å². The summed E-state index contributed by atoms with van der Waals surface area (Å²) < 4.78 is 13.7. The molecular weight excluding hydrogens is 335 g/mol. The molecule has 6 heteroatoms. The van der Waals surface area contributed by atoms with Gasteiger partial charge in [-0.25, -0.2) is 4.39 Å². The molecule has 0 bridgehead atoms. The zero-order valence-electron chi connectivity index (χ0n) is 11.0. The molecule has 0 fully saturated rings. The van der Waals surface area contributed by atoms with Crippen molar-refractivity contribution in [1.82, 2.24) is 5.32 Å². The van der Waals surface area contributed by atoms with E-state index < -0.39 is 11.4 Å². The van der Waals surface area contributed by atoms with Crippen LogP contribution < -0.4 is 11.1 Å². The van der Waals surface area contributed by atoms with Crippen molar-refractivity contribution in [2.75, 3.05) is 6.54 Å². The minimum Gasteiger partial charge on any atom is -0.350 e. The Morgan fingerprint density at radius 3 is 2.42 bits per heavy atom. The predicted octanol–water partition coefficient (Wildman–Crippen LogP) is 3.26. The first kappa shape index (κ1) is 18.4. The van der Waals surface area contributed by atoms with E-state index in [1.165, 1.54) is 12.1 Å². The van der Waals surface area contributed by atoms with Crippen LogP contribution in [0.1, 0.15) is 37.0 Å². The largest absolute Gasteiger partial charge is 0.350 e. The Kier molecular flexibility index (Phi) is 7.55. The van der Waals surface area contributed by atoms with E-state index in [9.17, 15) is 9.18 Å². The highest BCUT2D eigenvalue weighted by Crippen LogP contribution is 2.15. The van der Waals surface area contributed by atoms with Gasteiger partial charge in [-0.3, -0.25) is 4.79 Å². The molecule has 0 aromatic heterocycles. The van der Waals surface area contributed by atoms with Gasteiger partial charge in [0.15, 0.2) is 0 Å². The minimum absolute atomic E-state index is 0. The zero-order chi connectivity index (χ0) is 13.8. The van der Waals surface area contributed by atoms with E-state index >= 15 is 0 Å². The fraction of sp³-hybridized carbons (Fsp3) is 0.462. The van der Waals surface area contributed by atoms with Crippen LogP contribution in [0.4, 0.5) is 4.39 Å². The first-order valence-corrected chi connectivity index (χ1v) is 6.72. The Morgan fingerprint density at radius 2 is 1.95 bits per heavy atom. The van der Waals surface area contributed by atoms with Gasteiger partial charge < -0.3 is 11.1 Å². The Hall–Kier alpha value is -0.650. The van der Waals surface area contributed by atoms with Crippen molar-refractivity contribution < 1.29 is 9.18 Å². The van der Waals surface area contributed by atoms with Gasteiger partial charge >= 0.3 is 0 Å². The van der Waals surface area contributed by atoms with Gasteiger partial charge in [0.2, 0.25) is 0 Å². The van der Waals surface area contributed by atoms with Crippen LogP contribution in [0.5, 0.6) is 0 Å². The molecule has 0 aliphatic heterocycles. The summed E-state index contributed by atoms with van der Waals surface area (Å²) >= 11 is 3.15. The van der Waals surface area contributed by atoms with Crippen molar-refractivity contribution in [2.24, 2.45) is 5.73 Å². The van der Waals surface area contributed by atoms with E-state index in [0.717, 1.165) is 12.8 Å². The zero-order valence-corrected chi connectivity index (χ0v) is 13.4. The van der Waals surface area contributed by atoms with Crippen LogP contribution in [-0.4, -0.2) is 18.0 Å². The maximum Gasteiger partial charge on any atom is 0.251 e. The summed E-state index contributed by atoms with van der Waals surface area (Å²) in [7, 11) is 0. The van der Waals surface area contributed by atoms with Gasteiger partial charge in [0.1, 0.15) is 5.82 Å². The molecule has 1 aromatic rings. The topological polar surface area (TPSA) is 55.1 Å². The lowest BCUT2D eigenvalue weighted by Crippen LogP contribution is -2.49. The number of rotatable bonds is 5. The maximum atomic E-state index is 13.2. The number of carbonyl (C=O) groups excluding carboxylic acids is 1. The van der Waals surface area contributed by atoms with Crippen molar-refractivity contribution in [3.05, 3.63) is 34.1 Å². The standard InChI is InChI=1S/C13H18BrFN2O.ClH/c1-3-13(16,4-2)8-17-12(18)9-5-10(14)7-11(15)6-9;/h5-7H,3-4,8,16H2,1-2H3,(H,17,18);1H. The predicted molar refractivity (Wildman–Crippen MR) is 81.2 cm³/mol. The SMILES string of the molecule is CCC(N)(CC)CNC(=O)c1cc(F)cc(Br)c1.Cl. The molecule has 0 saturated carbocycles. The summed E-state index contributed by atoms with van der Waals surface area (Å²) in [4.78, 5) is 11.9. The number of hydrogen-bond donors (Lipinski definition) is 2. The number of carbonyl (C=O) groups is 1. The Morgan fingerprint density at radius 1 is 1.37 bits per heavy atom. The third-order valence-electron chi connectivity index (χ3n) is 3.13. The quantitative estimate of drug-likeness (QED) is 0.853. The summed E-state index contributed by atoms with van der Waals surface area (Å²) in [6.45, 7) is 4.34. The number of hydrogen-bond acceptors (Lipinski definition) is 2. The van der Waals surface area contributed by atoms with Crippen LogP contribution in [0.25, 0.3) is 0 Å². The summed E-state index contributed by atoms with van der Waals surface area (Å²) in [5, 5.41) is 2.74. The van der Waals surface area contributed by atoms with Gasteiger partial charge in [-0.1, -0.05) is 29.8 Å². The van der Waals surface area contributed by atoms with Crippen LogP contribution in [0, 0.1) is 5.82 Å². The molecule has 0 heterocycles. The van der Waals surface area contributed by atoms with Crippen LogP contribution in [0.15, 0.2) is 22.7 Å². The highest BCUT2D eigenvalue weighted by molar-refractivity contribution is 9.10. The molecule has 0 aliphatic rings. The number of nitrogens with one attached hydrogen (secondary N) is 1. The molecule has 0 spiro atoms. The average molecular weight is 354 g/mol. The monoisotopic (exact) mass is 352 g/mol. The van der Waals surface area contributed by atoms with Crippen molar-refractivity contribution in [3.63, 3.8) is 0 Å². The number of halogens is 3. The Labute approximate surface area is 127 Å². The van der Waals surface area contributed by atoms with Crippen molar-refractivity contribution in [3.8, 4) is 0 Å². The first-order chi connectivity index (χ1) is 8.40. The average Bonchev–Trinajstić information content (AvgIpc) is 2.34. The number of amides is 1. The molecular formula is C13H19BrClFN2O. The normalized spacial score (nSPS) is 10.8. The summed E-state index contributed by atoms with van der Waals surface area (Å²) in [6.07, 6.45) is 1.55. The second-order valence-electron chi connectivity index (χ2n) is 4.41. The van der Waals surface area contributed by atoms with Crippen LogP contribution in [0.3, 0.4) is 0 Å². The second kappa shape index (κ2) is 7.82. The van der Waals surface area contributed by atoms with Gasteiger partial charge in [-0.05, 0) is 31.0 Å². The molecule has 0 radical (unpaired) electrons. The van der Waals surface area contributed by atoms with Crippen LogP contribution in [0.2, 0.25) is 0 Å². The van der Waals surface area contributed by atoms with E-state index in [0.29, 0.717) is 11.0 Å². The lowest BCUT2D eigenvalue weighted by atomic mass is 9.94. The summed E-state index contributed by atoms with van der Waals surface area (Å²) in [6, 6.07) is 4.09. The van der Waals surface area contributed by atoms with Gasteiger partial charge in [-0.15, -0.1) is 12.4 Å². The van der Waals surface area contributed by atoms with Gasteiger partial charge in [0.25, 0.3) is 5.91 Å². The molecule has 19 heavy (non-hydrogen) atoms. The maximum absolute atomic E-state index is 13.2. The third-order valence-corrected chi connectivity index (χ3v) is 3.59. The molecule has 0 saturated heterocycles. The number of benzene rings is 1. The molecule has 3 N–H and O–H groups in total. The van der Waals surface area contributed by atoms with E-state index in [1.807, 2.05) is 13.8 Å². The Balaban J connectivity index is 0.00000324. The van der Waals surface area contributed by atoms with E-state index in [2.05, 4.69) is 21.2 Å². The fourth-order valence-corrected chi connectivity index (χ4v) is 2.01. The van der Waals surface area contributed by atoms with Crippen molar-refractivity contribution in [1.29, 1.82) is 0 Å². The third kappa shape index (κ3) is 5.47. The van der Waals surface area contributed by atoms with Gasteiger partial charge in [-0.2, -0.15) is 0 Å². The highest BCUT2D eigenvalue weighted by atomic mass is 79.9. The summed E-state index contributed by atoms with van der Waals surface area (Å²) in [5.41, 5.74) is 5.97. The fourth-order valence-electron chi connectivity index (χ4n) is 1.54. The molecule has 0 atom stereocenters. The van der Waals surface area contributed by atoms with Crippen molar-refractivity contribution in [2.45, 2.75) is 32.2 Å². The van der Waals surface area contributed by atoms with E-state index in [4.69, 9.17) is 5.73 Å². The number of nitrogens with two attached hydrogens (primary N) is 1. The second-order valence-corrected chi connectivity index (χ2v) is 5.33. The lowest BCUT2D eigenvalue weighted by molar-refractivity contribution is 0.0941. The molecule has 1 rings (SSSR count). The first-order valence-electron chi connectivity index (χ1n) is 5.93. The molecule has 1 aromatic carbocycles. The lowest BCUT2D eigenvalue weighted by Gasteiger charge is -2.26. The molecule has 0 aliphatic carbocycles. The smallest absolute Gasteiger partial charge is 0.251 e.